The van der Waals surface area contributed by atoms with Crippen molar-refractivity contribution < 1.29 is 14.3 Å². The first kappa shape index (κ1) is 42.2. The van der Waals surface area contributed by atoms with Crippen LogP contribution in [0.15, 0.2) is 91.5 Å². The van der Waals surface area contributed by atoms with E-state index >= 15 is 0 Å². The zero-order valence-corrected chi connectivity index (χ0v) is 35.4. The molecule has 2 aliphatic heterocycles. The van der Waals surface area contributed by atoms with E-state index in [1.807, 2.05) is 71.5 Å². The Bertz CT molecular complexity index is 2250. The van der Waals surface area contributed by atoms with Crippen molar-refractivity contribution >= 4 is 75.1 Å². The molecule has 0 unspecified atom stereocenters. The van der Waals surface area contributed by atoms with Crippen molar-refractivity contribution in [3.8, 4) is 0 Å². The SMILES string of the molecule is Clc1cccc(N2CCN(CCCOCc3ccn4nccc4c3)CC2)c1Cl.O=Cc1cnn2ccc(COCCCN3CCN(c4cccc(Cl)c4Cl)CC3)cc12. The highest BCUT2D eigenvalue weighted by Crippen LogP contribution is 2.34. The smallest absolute Gasteiger partial charge is 0.153 e. The van der Waals surface area contributed by atoms with Crippen molar-refractivity contribution in [2.75, 3.05) is 88.5 Å². The average molecular weight is 867 g/mol. The lowest BCUT2D eigenvalue weighted by molar-refractivity contribution is 0.107. The largest absolute Gasteiger partial charge is 0.377 e. The third kappa shape index (κ3) is 11.0. The highest BCUT2D eigenvalue weighted by molar-refractivity contribution is 6.44. The molecule has 6 aromatic rings. The minimum Gasteiger partial charge on any atom is -0.377 e. The number of hydrogen-bond acceptors (Lipinski definition) is 9. The highest BCUT2D eigenvalue weighted by atomic mass is 35.5. The van der Waals surface area contributed by atoms with E-state index in [1.165, 1.54) is 5.56 Å². The molecule has 0 bridgehead atoms. The number of pyridine rings is 2. The number of aromatic nitrogens is 4. The fourth-order valence-corrected chi connectivity index (χ4v) is 8.17. The molecule has 2 aliphatic rings. The third-order valence-corrected chi connectivity index (χ3v) is 12.2. The zero-order chi connectivity index (χ0) is 40.3. The van der Waals surface area contributed by atoms with Crippen molar-refractivity contribution in [2.45, 2.75) is 26.1 Å². The lowest BCUT2D eigenvalue weighted by atomic mass is 10.2. The molecule has 58 heavy (non-hydrogen) atoms. The third-order valence-electron chi connectivity index (χ3n) is 10.6. The van der Waals surface area contributed by atoms with Crippen LogP contribution in [0.5, 0.6) is 0 Å². The first-order valence-electron chi connectivity index (χ1n) is 19.7. The first-order chi connectivity index (χ1) is 28.4. The summed E-state index contributed by atoms with van der Waals surface area (Å²) in [6.45, 7) is 12.5. The summed E-state index contributed by atoms with van der Waals surface area (Å²) in [5, 5.41) is 10.9. The van der Waals surface area contributed by atoms with E-state index in [0.29, 0.717) is 45.5 Å². The van der Waals surface area contributed by atoms with E-state index in [-0.39, 0.29) is 0 Å². The maximum absolute atomic E-state index is 11.1. The molecule has 8 rings (SSSR count). The molecule has 4 aromatic heterocycles. The normalized spacial score (nSPS) is 15.2. The number of ether oxygens (including phenoxy) is 2. The molecule has 2 saturated heterocycles. The van der Waals surface area contributed by atoms with Gasteiger partial charge in [0.05, 0.1) is 67.5 Å². The van der Waals surface area contributed by atoms with Crippen LogP contribution >= 0.6 is 46.4 Å². The minimum atomic E-state index is 0.529. The van der Waals surface area contributed by atoms with Crippen molar-refractivity contribution in [3.05, 3.63) is 128 Å². The van der Waals surface area contributed by atoms with Crippen LogP contribution in [0.25, 0.3) is 11.0 Å². The molecule has 6 heterocycles. The maximum Gasteiger partial charge on any atom is 0.153 e. The second kappa shape index (κ2) is 20.9. The van der Waals surface area contributed by atoms with Crippen molar-refractivity contribution in [2.24, 2.45) is 0 Å². The summed E-state index contributed by atoms with van der Waals surface area (Å²) >= 11 is 25.0. The van der Waals surface area contributed by atoms with Crippen LogP contribution in [-0.4, -0.2) is 114 Å². The van der Waals surface area contributed by atoms with E-state index < -0.39 is 0 Å². The number of anilines is 2. The van der Waals surface area contributed by atoms with Crippen LogP contribution in [0.3, 0.4) is 0 Å². The summed E-state index contributed by atoms with van der Waals surface area (Å²) < 4.78 is 15.3. The number of fused-ring (bicyclic) bond motifs is 2. The van der Waals surface area contributed by atoms with Gasteiger partial charge in [-0.25, -0.2) is 9.03 Å². The molecule has 15 heteroatoms. The lowest BCUT2D eigenvalue weighted by Crippen LogP contribution is -2.46. The van der Waals surface area contributed by atoms with Crippen LogP contribution in [-0.2, 0) is 22.7 Å². The van der Waals surface area contributed by atoms with Gasteiger partial charge < -0.3 is 19.3 Å². The van der Waals surface area contributed by atoms with Gasteiger partial charge in [-0.05, 0) is 78.6 Å². The second-order valence-corrected chi connectivity index (χ2v) is 16.0. The molecule has 306 valence electrons. The van der Waals surface area contributed by atoms with Gasteiger partial charge in [-0.15, -0.1) is 0 Å². The Morgan fingerprint density at radius 1 is 0.621 bits per heavy atom. The predicted molar refractivity (Wildman–Crippen MR) is 235 cm³/mol. The molecule has 0 atom stereocenters. The number of carbonyl (C=O) groups excluding carboxylic acids is 1. The van der Waals surface area contributed by atoms with Gasteiger partial charge in [-0.3, -0.25) is 14.6 Å². The number of benzene rings is 2. The predicted octanol–water partition coefficient (Wildman–Crippen LogP) is 8.55. The quantitative estimate of drug-likeness (QED) is 0.0746. The molecule has 0 amide bonds. The summed E-state index contributed by atoms with van der Waals surface area (Å²) in [5.74, 6) is 0. The number of carbonyl (C=O) groups is 1. The molecule has 11 nitrogen and oxygen atoms in total. The lowest BCUT2D eigenvalue weighted by Gasteiger charge is -2.36. The van der Waals surface area contributed by atoms with E-state index in [9.17, 15) is 4.79 Å². The molecular weight excluding hydrogens is 818 g/mol. The number of nitrogens with zero attached hydrogens (tertiary/aromatic N) is 8. The summed E-state index contributed by atoms with van der Waals surface area (Å²) in [4.78, 5) is 20.6. The topological polar surface area (TPSA) is 83.1 Å². The summed E-state index contributed by atoms with van der Waals surface area (Å²) in [7, 11) is 0. The van der Waals surface area contributed by atoms with Gasteiger partial charge in [0.15, 0.2) is 6.29 Å². The van der Waals surface area contributed by atoms with Gasteiger partial charge in [-0.2, -0.15) is 10.2 Å². The maximum atomic E-state index is 11.1. The fraction of sp³-hybridized carbons (Fsp3) is 0.372. The number of piperazine rings is 2. The molecule has 0 saturated carbocycles. The van der Waals surface area contributed by atoms with Crippen molar-refractivity contribution in [3.63, 3.8) is 0 Å². The Kier molecular flexibility index (Phi) is 15.2. The summed E-state index contributed by atoms with van der Waals surface area (Å²) in [6.07, 6.45) is 10.0. The molecule has 0 spiro atoms. The van der Waals surface area contributed by atoms with E-state index in [0.717, 1.165) is 119 Å². The van der Waals surface area contributed by atoms with E-state index in [2.05, 4.69) is 41.9 Å². The van der Waals surface area contributed by atoms with Gasteiger partial charge >= 0.3 is 0 Å². The van der Waals surface area contributed by atoms with E-state index in [4.69, 9.17) is 55.9 Å². The number of halogens is 4. The second-order valence-electron chi connectivity index (χ2n) is 14.4. The molecule has 2 aromatic carbocycles. The Morgan fingerprint density at radius 2 is 1.16 bits per heavy atom. The Hall–Kier alpha value is -3.91. The Morgan fingerprint density at radius 3 is 1.71 bits per heavy atom. The Labute approximate surface area is 359 Å². The minimum absolute atomic E-state index is 0.529. The van der Waals surface area contributed by atoms with Gasteiger partial charge in [0.25, 0.3) is 0 Å². The molecule has 0 N–H and O–H groups in total. The monoisotopic (exact) mass is 864 g/mol. The van der Waals surface area contributed by atoms with Gasteiger partial charge in [0.1, 0.15) is 0 Å². The molecule has 2 fully saturated rings. The van der Waals surface area contributed by atoms with Crippen LogP contribution in [0, 0.1) is 0 Å². The average Bonchev–Trinajstić information content (AvgIpc) is 3.90. The van der Waals surface area contributed by atoms with Crippen molar-refractivity contribution in [1.82, 2.24) is 29.0 Å². The van der Waals surface area contributed by atoms with Crippen LogP contribution in [0.4, 0.5) is 11.4 Å². The van der Waals surface area contributed by atoms with Gasteiger partial charge in [-0.1, -0.05) is 58.5 Å². The number of rotatable bonds is 15. The molecule has 0 aliphatic carbocycles. The van der Waals surface area contributed by atoms with E-state index in [1.54, 1.807) is 16.9 Å². The van der Waals surface area contributed by atoms with Crippen LogP contribution < -0.4 is 9.80 Å². The number of hydrogen-bond donors (Lipinski definition) is 0. The van der Waals surface area contributed by atoms with Gasteiger partial charge in [0.2, 0.25) is 0 Å². The Balaban J connectivity index is 0.000000177. The standard InChI is InChI=1S/C22H24Cl2N4O2.C21H24Cl2N4O/c23-19-3-1-4-20(22(19)24)27-10-8-26(9-11-27)6-2-12-30-16-17-5-7-28-21(13-17)18(15-29)14-25-28;22-19-3-1-4-20(21(19)23)26-12-10-25(11-13-26)8-2-14-28-16-17-6-9-27-18(15-17)5-7-24-27/h1,3-5,7,13-15H,2,6,8-12,16H2;1,3-7,9,15H,2,8,10-14,16H2. The number of aldehydes is 1. The molecular formula is C43H48Cl4N8O3. The van der Waals surface area contributed by atoms with Crippen molar-refractivity contribution in [1.29, 1.82) is 0 Å². The molecule has 0 radical (unpaired) electrons. The summed E-state index contributed by atoms with van der Waals surface area (Å²) in [6, 6.07) is 21.7. The van der Waals surface area contributed by atoms with Gasteiger partial charge in [0, 0.05) is 97.3 Å². The fourth-order valence-electron chi connectivity index (χ4n) is 7.34. The van der Waals surface area contributed by atoms with Crippen LogP contribution in [0.1, 0.15) is 34.3 Å². The highest BCUT2D eigenvalue weighted by Gasteiger charge is 2.21. The zero-order valence-electron chi connectivity index (χ0n) is 32.4. The summed E-state index contributed by atoms with van der Waals surface area (Å²) in [5.41, 5.74) is 6.77. The first-order valence-corrected chi connectivity index (χ1v) is 21.2. The van der Waals surface area contributed by atoms with Crippen LogP contribution in [0.2, 0.25) is 20.1 Å².